The van der Waals surface area contributed by atoms with Gasteiger partial charge in [-0.05, 0) is 31.9 Å². The lowest BCUT2D eigenvalue weighted by Gasteiger charge is -2.40. The first kappa shape index (κ1) is 20.2. The van der Waals surface area contributed by atoms with Crippen LogP contribution >= 0.6 is 0 Å². The summed E-state index contributed by atoms with van der Waals surface area (Å²) in [4.78, 5) is 22.1. The second kappa shape index (κ2) is 7.46. The molecule has 1 aliphatic rings. The highest BCUT2D eigenvalue weighted by molar-refractivity contribution is 6.11. The van der Waals surface area contributed by atoms with Gasteiger partial charge in [0.05, 0.1) is 18.3 Å². The van der Waals surface area contributed by atoms with Gasteiger partial charge >= 0.3 is 0 Å². The summed E-state index contributed by atoms with van der Waals surface area (Å²) in [6.45, 7) is 1.84. The highest BCUT2D eigenvalue weighted by Gasteiger charge is 2.41. The normalized spacial score (nSPS) is 20.2. The maximum atomic E-state index is 13.0. The average Bonchev–Trinajstić information content (AvgIpc) is 3.18. The molecule has 0 saturated heterocycles. The molecule has 1 fully saturated rings. The molecule has 0 atom stereocenters. The molecule has 2 heterocycles. The van der Waals surface area contributed by atoms with Crippen molar-refractivity contribution in [3.8, 4) is 17.0 Å². The number of hydrogen-bond acceptors (Lipinski definition) is 6. The highest BCUT2D eigenvalue weighted by Crippen LogP contribution is 2.45. The van der Waals surface area contributed by atoms with Gasteiger partial charge in [0.1, 0.15) is 28.6 Å². The van der Waals surface area contributed by atoms with Crippen LogP contribution in [0.3, 0.4) is 0 Å². The summed E-state index contributed by atoms with van der Waals surface area (Å²) in [6, 6.07) is 14.5. The molecule has 0 spiro atoms. The molecule has 0 radical (unpaired) electrons. The van der Waals surface area contributed by atoms with Crippen LogP contribution in [0.15, 0.2) is 60.9 Å². The standard InChI is InChI=1S/C25H24N4O3/c1-25(31)13-17(14-25)24-28-20(21-23(26)27-10-11-29(21)24)16-8-9-18(19(12-16)32-2)22(30)15-6-4-3-5-7-15/h3-12,17,31H,13-14H2,1-2H3,(H2,26,27)/t17-,25+. The topological polar surface area (TPSA) is 103 Å². The molecular formula is C25H24N4O3. The molecule has 2 aromatic carbocycles. The van der Waals surface area contributed by atoms with E-state index in [9.17, 15) is 9.90 Å². The Kier molecular flexibility index (Phi) is 4.71. The Morgan fingerprint density at radius 2 is 1.97 bits per heavy atom. The van der Waals surface area contributed by atoms with E-state index in [1.165, 1.54) is 0 Å². The van der Waals surface area contributed by atoms with Crippen molar-refractivity contribution in [3.05, 3.63) is 77.9 Å². The van der Waals surface area contributed by atoms with Crippen molar-refractivity contribution in [1.82, 2.24) is 14.4 Å². The number of benzene rings is 2. The molecular weight excluding hydrogens is 404 g/mol. The van der Waals surface area contributed by atoms with Crippen molar-refractivity contribution < 1.29 is 14.6 Å². The molecule has 1 saturated carbocycles. The van der Waals surface area contributed by atoms with Crippen molar-refractivity contribution in [3.63, 3.8) is 0 Å². The predicted octanol–water partition coefficient (Wildman–Crippen LogP) is 3.85. The molecule has 162 valence electrons. The van der Waals surface area contributed by atoms with Gasteiger partial charge in [0, 0.05) is 29.4 Å². The number of methoxy groups -OCH3 is 1. The average molecular weight is 428 g/mol. The van der Waals surface area contributed by atoms with Gasteiger partial charge in [-0.2, -0.15) is 0 Å². The molecule has 2 aromatic heterocycles. The lowest BCUT2D eigenvalue weighted by Crippen LogP contribution is -2.40. The first-order valence-corrected chi connectivity index (χ1v) is 10.5. The van der Waals surface area contributed by atoms with E-state index in [-0.39, 0.29) is 11.7 Å². The van der Waals surface area contributed by atoms with E-state index in [1.807, 2.05) is 47.9 Å². The SMILES string of the molecule is COc1cc(-c2nc([C@H]3C[C@@](C)(O)C3)n3ccnc(N)c23)ccc1C(=O)c1ccccc1. The van der Waals surface area contributed by atoms with E-state index < -0.39 is 5.60 Å². The third kappa shape index (κ3) is 3.31. The Morgan fingerprint density at radius 1 is 1.22 bits per heavy atom. The number of aromatic nitrogens is 3. The first-order chi connectivity index (χ1) is 15.4. The van der Waals surface area contributed by atoms with Crippen molar-refractivity contribution in [2.45, 2.75) is 31.3 Å². The lowest BCUT2D eigenvalue weighted by molar-refractivity contribution is -0.0335. The zero-order valence-corrected chi connectivity index (χ0v) is 17.9. The number of nitrogens with two attached hydrogens (primary N) is 1. The van der Waals surface area contributed by atoms with Crippen molar-refractivity contribution in [2.75, 3.05) is 12.8 Å². The number of ketones is 1. The van der Waals surface area contributed by atoms with Gasteiger partial charge in [0.25, 0.3) is 0 Å². The van der Waals surface area contributed by atoms with Crippen LogP contribution in [-0.4, -0.2) is 38.0 Å². The second-order valence-electron chi connectivity index (χ2n) is 8.56. The van der Waals surface area contributed by atoms with Crippen molar-refractivity contribution in [2.24, 2.45) is 0 Å². The quantitative estimate of drug-likeness (QED) is 0.468. The van der Waals surface area contributed by atoms with E-state index in [0.717, 1.165) is 11.4 Å². The third-order valence-electron chi connectivity index (χ3n) is 6.10. The van der Waals surface area contributed by atoms with Crippen molar-refractivity contribution >= 4 is 17.1 Å². The van der Waals surface area contributed by atoms with Gasteiger partial charge in [-0.3, -0.25) is 9.20 Å². The summed E-state index contributed by atoms with van der Waals surface area (Å²) < 4.78 is 7.52. The summed E-state index contributed by atoms with van der Waals surface area (Å²) in [5.41, 5.74) is 8.81. The zero-order valence-electron chi connectivity index (χ0n) is 17.9. The molecule has 4 aromatic rings. The van der Waals surface area contributed by atoms with E-state index in [4.69, 9.17) is 15.5 Å². The first-order valence-electron chi connectivity index (χ1n) is 10.5. The fraction of sp³-hybridized carbons (Fsp3) is 0.240. The molecule has 7 heteroatoms. The summed E-state index contributed by atoms with van der Waals surface area (Å²) in [5.74, 6) is 1.71. The Balaban J connectivity index is 1.61. The Hall–Kier alpha value is -3.71. The predicted molar refractivity (Wildman–Crippen MR) is 122 cm³/mol. The van der Waals surface area contributed by atoms with E-state index >= 15 is 0 Å². The highest BCUT2D eigenvalue weighted by atomic mass is 16.5. The number of imidazole rings is 1. The van der Waals surface area contributed by atoms with Crippen LogP contribution in [0.25, 0.3) is 16.8 Å². The summed E-state index contributed by atoms with van der Waals surface area (Å²) in [5, 5.41) is 10.2. The Labute approximate surface area is 185 Å². The number of ether oxygens (including phenoxy) is 1. The van der Waals surface area contributed by atoms with Crippen LogP contribution in [0.5, 0.6) is 5.75 Å². The number of nitrogen functional groups attached to an aromatic ring is 1. The van der Waals surface area contributed by atoms with Gasteiger partial charge in [-0.25, -0.2) is 9.97 Å². The van der Waals surface area contributed by atoms with Gasteiger partial charge in [0.2, 0.25) is 0 Å². The lowest BCUT2D eigenvalue weighted by atomic mass is 9.72. The van der Waals surface area contributed by atoms with Crippen LogP contribution in [-0.2, 0) is 0 Å². The number of anilines is 1. The number of aliphatic hydroxyl groups is 1. The molecule has 1 aliphatic carbocycles. The third-order valence-corrected chi connectivity index (χ3v) is 6.10. The minimum atomic E-state index is -0.669. The minimum absolute atomic E-state index is 0.109. The Bertz CT molecular complexity index is 1320. The molecule has 5 rings (SSSR count). The van der Waals surface area contributed by atoms with Gasteiger partial charge in [-0.15, -0.1) is 0 Å². The van der Waals surface area contributed by atoms with Crippen LogP contribution in [0.1, 0.15) is 47.4 Å². The maximum absolute atomic E-state index is 13.0. The van der Waals surface area contributed by atoms with Crippen LogP contribution in [0.2, 0.25) is 0 Å². The second-order valence-corrected chi connectivity index (χ2v) is 8.56. The zero-order chi connectivity index (χ0) is 22.5. The van der Waals surface area contributed by atoms with Crippen molar-refractivity contribution in [1.29, 1.82) is 0 Å². The number of rotatable bonds is 5. The van der Waals surface area contributed by atoms with E-state index in [1.54, 1.807) is 31.5 Å². The fourth-order valence-electron chi connectivity index (χ4n) is 4.53. The monoisotopic (exact) mass is 428 g/mol. The number of nitrogens with zero attached hydrogens (tertiary/aromatic N) is 3. The maximum Gasteiger partial charge on any atom is 0.196 e. The van der Waals surface area contributed by atoms with Crippen LogP contribution in [0.4, 0.5) is 5.82 Å². The molecule has 0 unspecified atom stereocenters. The molecule has 32 heavy (non-hydrogen) atoms. The fourth-order valence-corrected chi connectivity index (χ4v) is 4.53. The van der Waals surface area contributed by atoms with E-state index in [2.05, 4.69) is 4.98 Å². The number of fused-ring (bicyclic) bond motifs is 1. The van der Waals surface area contributed by atoms with Crippen LogP contribution < -0.4 is 10.5 Å². The molecule has 0 aliphatic heterocycles. The smallest absolute Gasteiger partial charge is 0.196 e. The molecule has 7 nitrogen and oxygen atoms in total. The largest absolute Gasteiger partial charge is 0.496 e. The van der Waals surface area contributed by atoms with Crippen LogP contribution in [0, 0.1) is 0 Å². The number of hydrogen-bond donors (Lipinski definition) is 2. The molecule has 0 amide bonds. The summed E-state index contributed by atoms with van der Waals surface area (Å²) in [7, 11) is 1.55. The number of carbonyl (C=O) groups is 1. The molecule has 0 bridgehead atoms. The summed E-state index contributed by atoms with van der Waals surface area (Å²) >= 11 is 0. The minimum Gasteiger partial charge on any atom is -0.496 e. The van der Waals surface area contributed by atoms with Gasteiger partial charge < -0.3 is 15.6 Å². The van der Waals surface area contributed by atoms with E-state index in [0.29, 0.717) is 46.7 Å². The van der Waals surface area contributed by atoms with Gasteiger partial charge in [-0.1, -0.05) is 36.4 Å². The van der Waals surface area contributed by atoms with Gasteiger partial charge in [0.15, 0.2) is 5.78 Å². The Morgan fingerprint density at radius 3 is 2.66 bits per heavy atom. The summed E-state index contributed by atoms with van der Waals surface area (Å²) in [6.07, 6.45) is 4.77. The molecule has 3 N–H and O–H groups in total. The number of carbonyl (C=O) groups excluding carboxylic acids is 1.